The van der Waals surface area contributed by atoms with E-state index in [-0.39, 0.29) is 0 Å². The number of likely N-dealkylation sites (N-methyl/N-ethyl adjacent to an activating group) is 1. The number of aryl methyl sites for hydroxylation is 1. The van der Waals surface area contributed by atoms with Gasteiger partial charge in [0.25, 0.3) is 0 Å². The Hall–Kier alpha value is -1.43. The molecule has 1 atom stereocenters. The molecule has 0 bridgehead atoms. The number of aromatic nitrogens is 2. The van der Waals surface area contributed by atoms with E-state index in [1.54, 1.807) is 6.20 Å². The second kappa shape index (κ2) is 8.10. The highest BCUT2D eigenvalue weighted by Gasteiger charge is 2.25. The molecule has 1 aliphatic heterocycles. The number of thiophene rings is 1. The highest BCUT2D eigenvalue weighted by molar-refractivity contribution is 7.09. The third-order valence-electron chi connectivity index (χ3n) is 4.93. The number of nitrogens with zero attached hydrogens (tertiary/aromatic N) is 4. The predicted molar refractivity (Wildman–Crippen MR) is 102 cm³/mol. The Morgan fingerprint density at radius 1 is 1.46 bits per heavy atom. The van der Waals surface area contributed by atoms with E-state index in [1.165, 1.54) is 29.8 Å². The molecule has 24 heavy (non-hydrogen) atoms. The van der Waals surface area contributed by atoms with Crippen LogP contribution in [0.3, 0.4) is 0 Å². The van der Waals surface area contributed by atoms with Crippen LogP contribution in [0.15, 0.2) is 30.3 Å². The first-order valence-electron chi connectivity index (χ1n) is 8.85. The maximum Gasteiger partial charge on any atom is 0.0642 e. The minimum absolute atomic E-state index is 0.685. The first kappa shape index (κ1) is 17.4. The Morgan fingerprint density at radius 2 is 2.33 bits per heavy atom. The van der Waals surface area contributed by atoms with Crippen molar-refractivity contribution in [2.45, 2.75) is 45.8 Å². The molecule has 2 aromatic heterocycles. The highest BCUT2D eigenvalue weighted by atomic mass is 32.1. The van der Waals surface area contributed by atoms with Crippen molar-refractivity contribution >= 4 is 17.5 Å². The first-order valence-corrected chi connectivity index (χ1v) is 9.73. The van der Waals surface area contributed by atoms with E-state index in [2.05, 4.69) is 59.0 Å². The number of hydrogen-bond donors (Lipinski definition) is 0. The van der Waals surface area contributed by atoms with Crippen LogP contribution in [0.25, 0.3) is 6.20 Å². The molecule has 130 valence electrons. The van der Waals surface area contributed by atoms with E-state index in [0.717, 1.165) is 31.9 Å². The van der Waals surface area contributed by atoms with Crippen LogP contribution in [-0.2, 0) is 13.1 Å². The Labute approximate surface area is 149 Å². The van der Waals surface area contributed by atoms with Crippen LogP contribution in [0, 0.1) is 6.92 Å². The molecule has 0 radical (unpaired) electrons. The molecule has 0 aliphatic carbocycles. The molecular formula is C19H28N4S. The molecule has 5 heteroatoms. The fourth-order valence-corrected chi connectivity index (χ4v) is 4.38. The van der Waals surface area contributed by atoms with E-state index in [4.69, 9.17) is 0 Å². The lowest BCUT2D eigenvalue weighted by Crippen LogP contribution is -2.39. The summed E-state index contributed by atoms with van der Waals surface area (Å²) in [4.78, 5) is 6.65. The quantitative estimate of drug-likeness (QED) is 0.727. The number of hydrogen-bond acceptors (Lipinski definition) is 4. The third-order valence-corrected chi connectivity index (χ3v) is 5.79. The van der Waals surface area contributed by atoms with Crippen LogP contribution in [0.5, 0.6) is 0 Å². The third kappa shape index (κ3) is 4.15. The smallest absolute Gasteiger partial charge is 0.0642 e. The predicted octanol–water partition coefficient (Wildman–Crippen LogP) is 3.84. The van der Waals surface area contributed by atoms with E-state index < -0.39 is 0 Å². The summed E-state index contributed by atoms with van der Waals surface area (Å²) >= 11 is 1.85. The van der Waals surface area contributed by atoms with Crippen LogP contribution in [0.1, 0.15) is 35.9 Å². The Kier molecular flexibility index (Phi) is 5.87. The van der Waals surface area contributed by atoms with Gasteiger partial charge in [-0.2, -0.15) is 5.10 Å². The molecule has 3 rings (SSSR count). The van der Waals surface area contributed by atoms with Gasteiger partial charge in [-0.1, -0.05) is 19.6 Å². The number of rotatable bonds is 8. The van der Waals surface area contributed by atoms with Gasteiger partial charge in [0.1, 0.15) is 0 Å². The lowest BCUT2D eigenvalue weighted by Gasteiger charge is -2.30. The van der Waals surface area contributed by atoms with Crippen molar-refractivity contribution in [1.29, 1.82) is 0 Å². The molecule has 1 aliphatic rings. The van der Waals surface area contributed by atoms with Crippen LogP contribution in [0.2, 0.25) is 0 Å². The standard InChI is InChI=1S/C19H28N4S/c1-4-22-10-6-8-18(22)14-21(15-19-9-7-11-24-19)12-17-13-23(5-2)20-16(17)3/h5,7,9,11,13,18H,2,4,6,8,10,12,14-15H2,1,3H3/t18-/m0/s1. The normalized spacial score (nSPS) is 18.5. The SMILES string of the molecule is C=Cn1cc(CN(Cc2cccs2)C[C@@H]2CCCN2CC)c(C)n1. The van der Waals surface area contributed by atoms with Gasteiger partial charge in [0.05, 0.1) is 5.69 Å². The maximum atomic E-state index is 4.51. The lowest BCUT2D eigenvalue weighted by atomic mass is 10.1. The highest BCUT2D eigenvalue weighted by Crippen LogP contribution is 2.22. The van der Waals surface area contributed by atoms with Crippen molar-refractivity contribution in [1.82, 2.24) is 19.6 Å². The van der Waals surface area contributed by atoms with Crippen molar-refractivity contribution in [2.75, 3.05) is 19.6 Å². The molecule has 1 fully saturated rings. The molecule has 0 unspecified atom stereocenters. The molecule has 1 saturated heterocycles. The zero-order chi connectivity index (χ0) is 16.9. The Bertz CT molecular complexity index is 646. The van der Waals surface area contributed by atoms with Gasteiger partial charge in [-0.05, 0) is 44.3 Å². The largest absolute Gasteiger partial charge is 0.299 e. The summed E-state index contributed by atoms with van der Waals surface area (Å²) in [6, 6.07) is 5.07. The Morgan fingerprint density at radius 3 is 3.00 bits per heavy atom. The summed E-state index contributed by atoms with van der Waals surface area (Å²) in [5.41, 5.74) is 2.40. The Balaban J connectivity index is 1.73. The van der Waals surface area contributed by atoms with Crippen LogP contribution < -0.4 is 0 Å². The van der Waals surface area contributed by atoms with E-state index in [9.17, 15) is 0 Å². The molecule has 0 spiro atoms. The fraction of sp³-hybridized carbons (Fsp3) is 0.526. The van der Waals surface area contributed by atoms with Gasteiger partial charge in [0, 0.05) is 48.5 Å². The summed E-state index contributed by atoms with van der Waals surface area (Å²) in [7, 11) is 0. The number of likely N-dealkylation sites (tertiary alicyclic amines) is 1. The van der Waals surface area contributed by atoms with E-state index in [1.807, 2.05) is 16.0 Å². The average molecular weight is 345 g/mol. The van der Waals surface area contributed by atoms with Gasteiger partial charge < -0.3 is 0 Å². The van der Waals surface area contributed by atoms with Crippen LogP contribution >= 0.6 is 11.3 Å². The molecule has 0 aromatic carbocycles. The van der Waals surface area contributed by atoms with Gasteiger partial charge in [0.15, 0.2) is 0 Å². The van der Waals surface area contributed by atoms with Crippen molar-refractivity contribution < 1.29 is 0 Å². The van der Waals surface area contributed by atoms with Gasteiger partial charge in [0.2, 0.25) is 0 Å². The second-order valence-electron chi connectivity index (χ2n) is 6.58. The molecule has 4 nitrogen and oxygen atoms in total. The summed E-state index contributed by atoms with van der Waals surface area (Å²) < 4.78 is 1.82. The average Bonchev–Trinajstić information content (AvgIpc) is 3.30. The topological polar surface area (TPSA) is 24.3 Å². The van der Waals surface area contributed by atoms with Gasteiger partial charge in [-0.3, -0.25) is 9.80 Å². The van der Waals surface area contributed by atoms with Gasteiger partial charge >= 0.3 is 0 Å². The monoisotopic (exact) mass is 344 g/mol. The minimum atomic E-state index is 0.685. The molecule has 3 heterocycles. The summed E-state index contributed by atoms with van der Waals surface area (Å²) in [5, 5.41) is 6.68. The van der Waals surface area contributed by atoms with Crippen molar-refractivity contribution in [3.05, 3.63) is 46.4 Å². The fourth-order valence-electron chi connectivity index (χ4n) is 3.63. The molecule has 0 N–H and O–H groups in total. The summed E-state index contributed by atoms with van der Waals surface area (Å²) in [6.07, 6.45) is 6.52. The minimum Gasteiger partial charge on any atom is -0.299 e. The lowest BCUT2D eigenvalue weighted by molar-refractivity contribution is 0.167. The molecule has 0 saturated carbocycles. The van der Waals surface area contributed by atoms with Crippen molar-refractivity contribution in [2.24, 2.45) is 0 Å². The van der Waals surface area contributed by atoms with Gasteiger partial charge in [-0.25, -0.2) is 4.68 Å². The van der Waals surface area contributed by atoms with E-state index in [0.29, 0.717) is 6.04 Å². The summed E-state index contributed by atoms with van der Waals surface area (Å²) in [6.45, 7) is 13.7. The van der Waals surface area contributed by atoms with E-state index >= 15 is 0 Å². The van der Waals surface area contributed by atoms with Crippen molar-refractivity contribution in [3.8, 4) is 0 Å². The molecular weight excluding hydrogens is 316 g/mol. The van der Waals surface area contributed by atoms with Crippen LogP contribution in [-0.4, -0.2) is 45.3 Å². The molecule has 2 aromatic rings. The summed E-state index contributed by atoms with van der Waals surface area (Å²) in [5.74, 6) is 0. The molecule has 0 amide bonds. The van der Waals surface area contributed by atoms with Crippen LogP contribution in [0.4, 0.5) is 0 Å². The first-order chi connectivity index (χ1) is 11.7. The van der Waals surface area contributed by atoms with Crippen molar-refractivity contribution in [3.63, 3.8) is 0 Å². The maximum absolute atomic E-state index is 4.51. The zero-order valence-electron chi connectivity index (χ0n) is 14.8. The zero-order valence-corrected chi connectivity index (χ0v) is 15.6. The second-order valence-corrected chi connectivity index (χ2v) is 7.61. The van der Waals surface area contributed by atoms with Gasteiger partial charge in [-0.15, -0.1) is 11.3 Å².